The van der Waals surface area contributed by atoms with Gasteiger partial charge in [-0.1, -0.05) is 0 Å². The van der Waals surface area contributed by atoms with Gasteiger partial charge in [0.05, 0.1) is 34.8 Å². The fraction of sp³-hybridized carbons (Fsp3) is 0.478. The zero-order chi connectivity index (χ0) is 19.7. The summed E-state index contributed by atoms with van der Waals surface area (Å²) < 4.78 is 0. The first kappa shape index (κ1) is 17.7. The number of fused-ring (bicyclic) bond motifs is 4. The average molecular weight is 374 g/mol. The van der Waals surface area contributed by atoms with Crippen molar-refractivity contribution in [1.82, 2.24) is 25.1 Å². The highest BCUT2D eigenvalue weighted by Gasteiger charge is 2.47. The first-order chi connectivity index (χ1) is 13.3. The number of hydrogen-bond donors (Lipinski definition) is 0. The molecule has 0 saturated heterocycles. The van der Waals surface area contributed by atoms with Crippen LogP contribution in [0.3, 0.4) is 0 Å². The smallest absolute Gasteiger partial charge is 0.0894 e. The molecule has 0 spiro atoms. The molecule has 0 unspecified atom stereocenters. The summed E-state index contributed by atoms with van der Waals surface area (Å²) in [6.45, 7) is 9.19. The number of hydrogen-bond acceptors (Lipinski definition) is 5. The number of aromatic nitrogens is 4. The highest BCUT2D eigenvalue weighted by Crippen LogP contribution is 2.49. The number of aryl methyl sites for hydroxylation is 4. The van der Waals surface area contributed by atoms with Crippen molar-refractivity contribution in [3.63, 3.8) is 0 Å². The summed E-state index contributed by atoms with van der Waals surface area (Å²) in [7, 11) is 2.21. The van der Waals surface area contributed by atoms with Crippen LogP contribution in [0.15, 0.2) is 24.5 Å². The third-order valence-corrected chi connectivity index (χ3v) is 7.12. The van der Waals surface area contributed by atoms with Crippen molar-refractivity contribution in [3.8, 4) is 0 Å². The van der Waals surface area contributed by atoms with Gasteiger partial charge in [0, 0.05) is 11.1 Å². The van der Waals surface area contributed by atoms with Gasteiger partial charge in [0.15, 0.2) is 0 Å². The standard InChI is InChI=1S/C23H27N5/c1-22(2)16-10-20-21(11-17(16)23(3,4)28(22)5)27-19-9-7-15-13-25-24-12-14(15)6-8-18(19)26-20/h10-13H,6-9H2,1-5H3. The first-order valence-corrected chi connectivity index (χ1v) is 10.2. The van der Waals surface area contributed by atoms with Crippen LogP contribution in [0.2, 0.25) is 0 Å². The van der Waals surface area contributed by atoms with Crippen molar-refractivity contribution in [1.29, 1.82) is 0 Å². The van der Waals surface area contributed by atoms with E-state index in [1.807, 2.05) is 12.4 Å². The van der Waals surface area contributed by atoms with Gasteiger partial charge in [-0.25, -0.2) is 9.97 Å². The molecule has 1 aliphatic carbocycles. The second kappa shape index (κ2) is 5.80. The van der Waals surface area contributed by atoms with Crippen LogP contribution in [0.5, 0.6) is 0 Å². The van der Waals surface area contributed by atoms with Crippen molar-refractivity contribution in [2.24, 2.45) is 0 Å². The molecule has 0 radical (unpaired) electrons. The van der Waals surface area contributed by atoms with E-state index in [1.54, 1.807) is 0 Å². The minimum absolute atomic E-state index is 0.0173. The quantitative estimate of drug-likeness (QED) is 0.601. The van der Waals surface area contributed by atoms with E-state index >= 15 is 0 Å². The highest BCUT2D eigenvalue weighted by atomic mass is 15.2. The third-order valence-electron chi connectivity index (χ3n) is 7.12. The second-order valence-corrected chi connectivity index (χ2v) is 9.22. The summed E-state index contributed by atoms with van der Waals surface area (Å²) in [5.41, 5.74) is 9.60. The first-order valence-electron chi connectivity index (χ1n) is 10.2. The number of nitrogens with zero attached hydrogens (tertiary/aromatic N) is 5. The van der Waals surface area contributed by atoms with E-state index in [0.717, 1.165) is 48.1 Å². The van der Waals surface area contributed by atoms with Gasteiger partial charge in [-0.3, -0.25) is 4.90 Å². The molecule has 0 N–H and O–H groups in total. The fourth-order valence-electron chi connectivity index (χ4n) is 4.98. The Morgan fingerprint density at radius 2 is 1.14 bits per heavy atom. The molecule has 144 valence electrons. The molecule has 2 aliphatic rings. The molecule has 0 fully saturated rings. The Labute approximate surface area is 166 Å². The summed E-state index contributed by atoms with van der Waals surface area (Å²) in [5, 5.41) is 8.12. The van der Waals surface area contributed by atoms with Crippen LogP contribution >= 0.6 is 0 Å². The molecule has 3 aromatic rings. The van der Waals surface area contributed by atoms with Crippen molar-refractivity contribution < 1.29 is 0 Å². The molecule has 2 aromatic heterocycles. The van der Waals surface area contributed by atoms with E-state index in [-0.39, 0.29) is 11.1 Å². The summed E-state index contributed by atoms with van der Waals surface area (Å²) >= 11 is 0. The Kier molecular flexibility index (Phi) is 3.66. The summed E-state index contributed by atoms with van der Waals surface area (Å²) in [4.78, 5) is 12.6. The van der Waals surface area contributed by atoms with Crippen LogP contribution in [0.4, 0.5) is 0 Å². The third kappa shape index (κ3) is 2.42. The summed E-state index contributed by atoms with van der Waals surface area (Å²) in [5.74, 6) is 0. The van der Waals surface area contributed by atoms with E-state index in [1.165, 1.54) is 22.3 Å². The van der Waals surface area contributed by atoms with Crippen LogP contribution in [0, 0.1) is 0 Å². The SMILES string of the molecule is CN1C(C)(C)c2cc3nc4c(nc3cc2C1(C)C)CCc1cnncc1CC4. The van der Waals surface area contributed by atoms with Crippen LogP contribution < -0.4 is 0 Å². The minimum Gasteiger partial charge on any atom is -0.288 e. The predicted octanol–water partition coefficient (Wildman–Crippen LogP) is 3.72. The van der Waals surface area contributed by atoms with Gasteiger partial charge < -0.3 is 0 Å². The van der Waals surface area contributed by atoms with E-state index < -0.39 is 0 Å². The summed E-state index contributed by atoms with van der Waals surface area (Å²) in [6, 6.07) is 4.56. The largest absolute Gasteiger partial charge is 0.288 e. The Balaban J connectivity index is 1.64. The van der Waals surface area contributed by atoms with Crippen LogP contribution in [0.1, 0.15) is 61.3 Å². The molecule has 0 saturated carbocycles. The lowest BCUT2D eigenvalue weighted by atomic mass is 9.89. The molecule has 3 heterocycles. The van der Waals surface area contributed by atoms with Crippen molar-refractivity contribution in [2.75, 3.05) is 7.05 Å². The van der Waals surface area contributed by atoms with E-state index in [2.05, 4.69) is 62.0 Å². The van der Waals surface area contributed by atoms with Gasteiger partial charge >= 0.3 is 0 Å². The molecule has 1 aliphatic heterocycles. The van der Waals surface area contributed by atoms with Gasteiger partial charge in [0.25, 0.3) is 0 Å². The maximum Gasteiger partial charge on any atom is 0.0894 e. The van der Waals surface area contributed by atoms with E-state index in [9.17, 15) is 0 Å². The van der Waals surface area contributed by atoms with Crippen molar-refractivity contribution >= 4 is 11.0 Å². The Bertz CT molecular complexity index is 1010. The maximum absolute atomic E-state index is 5.09. The van der Waals surface area contributed by atoms with Crippen molar-refractivity contribution in [3.05, 3.63) is 58.2 Å². The zero-order valence-electron chi connectivity index (χ0n) is 17.4. The highest BCUT2D eigenvalue weighted by molar-refractivity contribution is 5.78. The lowest BCUT2D eigenvalue weighted by molar-refractivity contribution is 0.0731. The van der Waals surface area contributed by atoms with Gasteiger partial charge in [0.2, 0.25) is 0 Å². The zero-order valence-corrected chi connectivity index (χ0v) is 17.4. The van der Waals surface area contributed by atoms with Gasteiger partial charge in [-0.15, -0.1) is 0 Å². The minimum atomic E-state index is -0.0173. The molecule has 5 heteroatoms. The summed E-state index contributed by atoms with van der Waals surface area (Å²) in [6.07, 6.45) is 7.52. The molecule has 5 rings (SSSR count). The van der Waals surface area contributed by atoms with E-state index in [4.69, 9.17) is 9.97 Å². The average Bonchev–Trinajstić information content (AvgIpc) is 2.79. The molecule has 5 nitrogen and oxygen atoms in total. The van der Waals surface area contributed by atoms with Crippen LogP contribution in [0.25, 0.3) is 11.0 Å². The van der Waals surface area contributed by atoms with Crippen molar-refractivity contribution in [2.45, 2.75) is 64.5 Å². The maximum atomic E-state index is 5.09. The monoisotopic (exact) mass is 373 g/mol. The topological polar surface area (TPSA) is 54.8 Å². The van der Waals surface area contributed by atoms with E-state index in [0.29, 0.717) is 0 Å². The molecular formula is C23H27N5. The molecule has 1 aromatic carbocycles. The number of rotatable bonds is 0. The lowest BCUT2D eigenvalue weighted by Gasteiger charge is -2.37. The Morgan fingerprint density at radius 1 is 0.714 bits per heavy atom. The molecule has 0 amide bonds. The van der Waals surface area contributed by atoms with Gasteiger partial charge in [-0.05, 0) is 94.8 Å². The molecular weight excluding hydrogens is 346 g/mol. The lowest BCUT2D eigenvalue weighted by Crippen LogP contribution is -2.42. The van der Waals surface area contributed by atoms with Crippen LogP contribution in [-0.2, 0) is 36.8 Å². The normalized spacial score (nSPS) is 20.2. The fourth-order valence-corrected chi connectivity index (χ4v) is 4.98. The van der Waals surface area contributed by atoms with Gasteiger partial charge in [-0.2, -0.15) is 10.2 Å². The molecule has 28 heavy (non-hydrogen) atoms. The number of benzene rings is 1. The van der Waals surface area contributed by atoms with Crippen LogP contribution in [-0.4, -0.2) is 32.1 Å². The van der Waals surface area contributed by atoms with Gasteiger partial charge in [0.1, 0.15) is 0 Å². The second-order valence-electron chi connectivity index (χ2n) is 9.22. The Hall–Kier alpha value is -2.40. The Morgan fingerprint density at radius 3 is 1.57 bits per heavy atom. The molecule has 0 atom stereocenters. The predicted molar refractivity (Wildman–Crippen MR) is 110 cm³/mol. The molecule has 0 bridgehead atoms.